The number of hydrogen-bond acceptors (Lipinski definition) is 9. The van der Waals surface area contributed by atoms with Gasteiger partial charge >= 0.3 is 5.97 Å². The lowest BCUT2D eigenvalue weighted by molar-refractivity contribution is -0.373. The van der Waals surface area contributed by atoms with Crippen LogP contribution in [0.1, 0.15) is 80.3 Å². The van der Waals surface area contributed by atoms with Crippen molar-refractivity contribution < 1.29 is 34.0 Å². The number of aromatic nitrogens is 3. The number of fused-ring (bicyclic) bond motifs is 3. The monoisotopic (exact) mass is 547 g/mol. The number of esters is 1. The number of ether oxygens (including phenoxy) is 3. The maximum absolute atomic E-state index is 14.1. The van der Waals surface area contributed by atoms with Crippen LogP contribution in [0.25, 0.3) is 0 Å². The molecule has 0 spiro atoms. The fourth-order valence-corrected chi connectivity index (χ4v) is 7.89. The van der Waals surface area contributed by atoms with Gasteiger partial charge in [0, 0.05) is 31.2 Å². The summed E-state index contributed by atoms with van der Waals surface area (Å²) >= 11 is 0. The Labute approximate surface area is 231 Å². The smallest absolute Gasteiger partial charge is 0.303 e. The van der Waals surface area contributed by atoms with Crippen LogP contribution < -0.4 is 0 Å². The lowest BCUT2D eigenvalue weighted by Crippen LogP contribution is -2.86. The lowest BCUT2D eigenvalue weighted by Gasteiger charge is -2.71. The summed E-state index contributed by atoms with van der Waals surface area (Å²) < 4.78 is 20.5. The lowest BCUT2D eigenvalue weighted by atomic mass is 9.39. The Kier molecular flexibility index (Phi) is 7.46. The van der Waals surface area contributed by atoms with Gasteiger partial charge in [0.15, 0.2) is 11.4 Å². The van der Waals surface area contributed by atoms with Gasteiger partial charge in [0.25, 0.3) is 0 Å². The SMILES string of the molecule is C=C[C@@]1(C)CC(=O)[C@]2(O)[C@@]3(C)[C@@H](OCc4cn(CC(C)C)nn4)CCC(C)(C)[C@@H]3[C@H](OC(C)=O)[C@H](O)[C@@]2(C)O1. The van der Waals surface area contributed by atoms with Gasteiger partial charge in [-0.2, -0.15) is 0 Å². The second-order valence-electron chi connectivity index (χ2n) is 13.5. The van der Waals surface area contributed by atoms with Crippen LogP contribution in [0.2, 0.25) is 0 Å². The van der Waals surface area contributed by atoms with Crippen molar-refractivity contribution in [3.8, 4) is 0 Å². The molecule has 2 N–H and O–H groups in total. The number of aliphatic hydroxyl groups is 2. The third kappa shape index (κ3) is 4.47. The van der Waals surface area contributed by atoms with Gasteiger partial charge in [0.2, 0.25) is 0 Å². The fourth-order valence-electron chi connectivity index (χ4n) is 7.89. The zero-order chi connectivity index (χ0) is 29.2. The van der Waals surface area contributed by atoms with Crippen LogP contribution >= 0.6 is 0 Å². The third-order valence-corrected chi connectivity index (χ3v) is 9.57. The Morgan fingerprint density at radius 2 is 1.97 bits per heavy atom. The highest BCUT2D eigenvalue weighted by Gasteiger charge is 2.81. The summed E-state index contributed by atoms with van der Waals surface area (Å²) in [5, 5.41) is 33.0. The van der Waals surface area contributed by atoms with Crippen LogP contribution in [0.5, 0.6) is 0 Å². The highest BCUT2D eigenvalue weighted by molar-refractivity contribution is 5.92. The molecular weight excluding hydrogens is 502 g/mol. The van der Waals surface area contributed by atoms with Crippen molar-refractivity contribution in [3.63, 3.8) is 0 Å². The normalized spacial score (nSPS) is 41.6. The quantitative estimate of drug-likeness (QED) is 0.390. The van der Waals surface area contributed by atoms with Crippen molar-refractivity contribution in [1.82, 2.24) is 15.0 Å². The molecule has 0 amide bonds. The molecule has 3 aliphatic rings. The first-order valence-corrected chi connectivity index (χ1v) is 13.9. The van der Waals surface area contributed by atoms with Crippen molar-refractivity contribution in [1.29, 1.82) is 0 Å². The summed E-state index contributed by atoms with van der Waals surface area (Å²) in [6.45, 7) is 19.2. The highest BCUT2D eigenvalue weighted by Crippen LogP contribution is 2.67. The molecule has 218 valence electrons. The summed E-state index contributed by atoms with van der Waals surface area (Å²) in [6.07, 6.45) is 1.25. The van der Waals surface area contributed by atoms with Crippen LogP contribution in [0.3, 0.4) is 0 Å². The van der Waals surface area contributed by atoms with Crippen molar-refractivity contribution in [2.45, 2.75) is 123 Å². The number of Topliss-reactive ketones (excluding diaryl/α,β-unsaturated/α-hetero) is 1. The number of rotatable bonds is 7. The topological polar surface area (TPSA) is 133 Å². The molecule has 2 aliphatic carbocycles. The van der Waals surface area contributed by atoms with Gasteiger partial charge in [-0.15, -0.1) is 11.7 Å². The van der Waals surface area contributed by atoms with Crippen LogP contribution in [0, 0.1) is 22.7 Å². The molecule has 0 bridgehead atoms. The zero-order valence-electron chi connectivity index (χ0n) is 24.6. The summed E-state index contributed by atoms with van der Waals surface area (Å²) in [4.78, 5) is 26.5. The van der Waals surface area contributed by atoms with Crippen LogP contribution in [-0.2, 0) is 37.0 Å². The molecule has 4 rings (SSSR count). The molecule has 1 saturated heterocycles. The predicted octanol–water partition coefficient (Wildman–Crippen LogP) is 2.99. The van der Waals surface area contributed by atoms with Crippen LogP contribution in [-0.4, -0.2) is 72.1 Å². The zero-order valence-corrected chi connectivity index (χ0v) is 24.6. The maximum atomic E-state index is 14.1. The van der Waals surface area contributed by atoms with E-state index < -0.39 is 63.6 Å². The van der Waals surface area contributed by atoms with Gasteiger partial charge < -0.3 is 24.4 Å². The molecule has 0 radical (unpaired) electrons. The Morgan fingerprint density at radius 3 is 2.56 bits per heavy atom. The summed E-state index contributed by atoms with van der Waals surface area (Å²) in [5.41, 5.74) is -6.28. The molecule has 10 nitrogen and oxygen atoms in total. The fraction of sp³-hybridized carbons (Fsp3) is 0.793. The molecule has 1 aromatic rings. The van der Waals surface area contributed by atoms with E-state index in [1.54, 1.807) is 11.6 Å². The number of carbonyl (C=O) groups excluding carboxylic acids is 2. The first-order chi connectivity index (χ1) is 17.9. The minimum Gasteiger partial charge on any atom is -0.459 e. The van der Waals surface area contributed by atoms with Crippen LogP contribution in [0.4, 0.5) is 0 Å². The van der Waals surface area contributed by atoms with E-state index in [0.717, 1.165) is 6.54 Å². The molecule has 10 heteroatoms. The Hall–Kier alpha value is -2.14. The van der Waals surface area contributed by atoms with E-state index in [0.29, 0.717) is 24.5 Å². The van der Waals surface area contributed by atoms with Crippen LogP contribution in [0.15, 0.2) is 18.9 Å². The molecular formula is C29H45N3O7. The van der Waals surface area contributed by atoms with Crippen molar-refractivity contribution in [2.75, 3.05) is 0 Å². The Balaban J connectivity index is 1.83. The number of aliphatic hydroxyl groups excluding tert-OH is 1. The number of nitrogens with zero attached hydrogens (tertiary/aromatic N) is 3. The van der Waals surface area contributed by atoms with E-state index in [4.69, 9.17) is 14.2 Å². The number of hydrogen-bond donors (Lipinski definition) is 2. The van der Waals surface area contributed by atoms with Gasteiger partial charge in [0.05, 0.1) is 24.5 Å². The van der Waals surface area contributed by atoms with Gasteiger partial charge in [-0.1, -0.05) is 45.9 Å². The van der Waals surface area contributed by atoms with Gasteiger partial charge in [-0.3, -0.25) is 14.3 Å². The molecule has 0 aromatic carbocycles. The van der Waals surface area contributed by atoms with E-state index in [1.165, 1.54) is 19.9 Å². The first-order valence-electron chi connectivity index (χ1n) is 13.9. The van der Waals surface area contributed by atoms with Gasteiger partial charge in [-0.25, -0.2) is 0 Å². The summed E-state index contributed by atoms with van der Waals surface area (Å²) in [7, 11) is 0. The summed E-state index contributed by atoms with van der Waals surface area (Å²) in [6, 6.07) is 0. The van der Waals surface area contributed by atoms with E-state index >= 15 is 0 Å². The molecule has 8 atom stereocenters. The molecule has 2 heterocycles. The minimum atomic E-state index is -2.15. The van der Waals surface area contributed by atoms with Gasteiger partial charge in [-0.05, 0) is 38.0 Å². The van der Waals surface area contributed by atoms with Crippen molar-refractivity contribution in [3.05, 3.63) is 24.5 Å². The van der Waals surface area contributed by atoms with Gasteiger partial charge in [0.1, 0.15) is 23.5 Å². The van der Waals surface area contributed by atoms with Crippen molar-refractivity contribution in [2.24, 2.45) is 22.7 Å². The molecule has 39 heavy (non-hydrogen) atoms. The van der Waals surface area contributed by atoms with E-state index in [1.807, 2.05) is 27.0 Å². The number of carbonyl (C=O) groups is 2. The average Bonchev–Trinajstić information content (AvgIpc) is 3.26. The molecule has 3 fully saturated rings. The molecule has 2 saturated carbocycles. The van der Waals surface area contributed by atoms with E-state index in [-0.39, 0.29) is 13.0 Å². The maximum Gasteiger partial charge on any atom is 0.303 e. The third-order valence-electron chi connectivity index (χ3n) is 9.57. The average molecular weight is 548 g/mol. The molecule has 1 aromatic heterocycles. The highest BCUT2D eigenvalue weighted by atomic mass is 16.6. The minimum absolute atomic E-state index is 0.119. The van der Waals surface area contributed by atoms with Crippen molar-refractivity contribution >= 4 is 11.8 Å². The molecule has 0 unspecified atom stereocenters. The van der Waals surface area contributed by atoms with E-state index in [9.17, 15) is 19.8 Å². The second kappa shape index (κ2) is 9.75. The largest absolute Gasteiger partial charge is 0.459 e. The predicted molar refractivity (Wildman–Crippen MR) is 142 cm³/mol. The standard InChI is InChI=1S/C29H45N3O7/c1-10-26(7)13-20(34)29(36)27(8)21(37-16-19-15-32(31-30-19)14-17(2)3)11-12-25(5,6)23(27)22(38-18(4)33)24(35)28(29,9)39-26/h10,15,17,21-24,35-36H,1,11-14,16H2,2-9H3/t21-,22-,23-,24-,26-,27-,28+,29-/m0/s1. The first kappa shape index (κ1) is 29.8. The Morgan fingerprint density at radius 1 is 1.31 bits per heavy atom. The van der Waals surface area contributed by atoms with E-state index in [2.05, 4.69) is 30.7 Å². The Bertz CT molecular complexity index is 1130. The molecule has 1 aliphatic heterocycles. The number of ketones is 1. The second-order valence-corrected chi connectivity index (χ2v) is 13.5. The summed E-state index contributed by atoms with van der Waals surface area (Å²) in [5.74, 6) is -1.25.